The van der Waals surface area contributed by atoms with Crippen molar-refractivity contribution < 1.29 is 0 Å². The van der Waals surface area contributed by atoms with Crippen LogP contribution >= 0.6 is 0 Å². The van der Waals surface area contributed by atoms with Gasteiger partial charge in [0.2, 0.25) is 0 Å². The van der Waals surface area contributed by atoms with Crippen LogP contribution in [0.5, 0.6) is 0 Å². The number of imidazole rings is 1. The van der Waals surface area contributed by atoms with Gasteiger partial charge < -0.3 is 10.7 Å². The number of nitrogens with zero attached hydrogens (tertiary/aromatic N) is 1. The standard InChI is InChI=1S/C15H21N3/c1-9-5-6-13(12(4)11(9)3)14-8-17-15(18-14)7-10(2)16/h5-6,8,10H,7,16H2,1-4H3,(H,17,18). The SMILES string of the molecule is Cc1ccc(-c2cnc(CC(C)N)[nH]2)c(C)c1C. The van der Waals surface area contributed by atoms with Crippen molar-refractivity contribution in [1.82, 2.24) is 9.97 Å². The first-order chi connectivity index (χ1) is 8.49. The molecule has 1 aromatic heterocycles. The van der Waals surface area contributed by atoms with E-state index < -0.39 is 0 Å². The summed E-state index contributed by atoms with van der Waals surface area (Å²) in [5.41, 5.74) is 12.1. The van der Waals surface area contributed by atoms with Crippen LogP contribution in [0.15, 0.2) is 18.3 Å². The van der Waals surface area contributed by atoms with Gasteiger partial charge in [-0.2, -0.15) is 0 Å². The van der Waals surface area contributed by atoms with Gasteiger partial charge >= 0.3 is 0 Å². The molecule has 1 heterocycles. The van der Waals surface area contributed by atoms with Gasteiger partial charge in [0.1, 0.15) is 5.82 Å². The third-order valence-corrected chi connectivity index (χ3v) is 3.49. The van der Waals surface area contributed by atoms with Crippen molar-refractivity contribution in [3.05, 3.63) is 40.8 Å². The monoisotopic (exact) mass is 243 g/mol. The minimum Gasteiger partial charge on any atom is -0.342 e. The van der Waals surface area contributed by atoms with Crippen molar-refractivity contribution in [2.45, 2.75) is 40.2 Å². The van der Waals surface area contributed by atoms with E-state index >= 15 is 0 Å². The van der Waals surface area contributed by atoms with Crippen molar-refractivity contribution in [1.29, 1.82) is 0 Å². The molecule has 0 saturated carbocycles. The van der Waals surface area contributed by atoms with Crippen LogP contribution in [0.4, 0.5) is 0 Å². The molecule has 0 amide bonds. The van der Waals surface area contributed by atoms with Gasteiger partial charge in [-0.05, 0) is 44.4 Å². The predicted octanol–water partition coefficient (Wildman–Crippen LogP) is 2.89. The van der Waals surface area contributed by atoms with Gasteiger partial charge in [-0.25, -0.2) is 4.98 Å². The molecular weight excluding hydrogens is 222 g/mol. The van der Waals surface area contributed by atoms with Gasteiger partial charge in [0.05, 0.1) is 11.9 Å². The van der Waals surface area contributed by atoms with Crippen LogP contribution in [0.25, 0.3) is 11.3 Å². The van der Waals surface area contributed by atoms with Gasteiger partial charge in [-0.3, -0.25) is 0 Å². The molecule has 3 heteroatoms. The van der Waals surface area contributed by atoms with E-state index in [2.05, 4.69) is 42.9 Å². The van der Waals surface area contributed by atoms with E-state index in [-0.39, 0.29) is 6.04 Å². The van der Waals surface area contributed by atoms with E-state index in [0.29, 0.717) is 0 Å². The summed E-state index contributed by atoms with van der Waals surface area (Å²) in [5, 5.41) is 0. The Bertz CT molecular complexity index is 553. The van der Waals surface area contributed by atoms with E-state index in [1.54, 1.807) is 0 Å². The molecule has 0 spiro atoms. The maximum Gasteiger partial charge on any atom is 0.108 e. The smallest absolute Gasteiger partial charge is 0.108 e. The third-order valence-electron chi connectivity index (χ3n) is 3.49. The molecule has 0 fully saturated rings. The highest BCUT2D eigenvalue weighted by Crippen LogP contribution is 2.26. The lowest BCUT2D eigenvalue weighted by atomic mass is 9.97. The molecule has 0 aliphatic carbocycles. The van der Waals surface area contributed by atoms with Crippen molar-refractivity contribution in [3.8, 4) is 11.3 Å². The maximum absolute atomic E-state index is 5.79. The minimum absolute atomic E-state index is 0.129. The molecule has 2 aromatic rings. The van der Waals surface area contributed by atoms with E-state index in [1.165, 1.54) is 22.3 Å². The number of hydrogen-bond donors (Lipinski definition) is 2. The van der Waals surface area contributed by atoms with Crippen LogP contribution in [-0.2, 0) is 6.42 Å². The average molecular weight is 243 g/mol. The highest BCUT2D eigenvalue weighted by atomic mass is 14.9. The Kier molecular flexibility index (Phi) is 3.53. The molecule has 0 radical (unpaired) electrons. The summed E-state index contributed by atoms with van der Waals surface area (Å²) >= 11 is 0. The Balaban J connectivity index is 2.37. The molecule has 0 saturated heterocycles. The lowest BCUT2D eigenvalue weighted by Gasteiger charge is -2.09. The van der Waals surface area contributed by atoms with Gasteiger partial charge in [-0.1, -0.05) is 12.1 Å². The Morgan fingerprint density at radius 3 is 2.61 bits per heavy atom. The molecule has 0 aliphatic heterocycles. The van der Waals surface area contributed by atoms with Gasteiger partial charge in [0.15, 0.2) is 0 Å². The summed E-state index contributed by atoms with van der Waals surface area (Å²) in [4.78, 5) is 7.75. The quantitative estimate of drug-likeness (QED) is 0.871. The normalized spacial score (nSPS) is 12.7. The zero-order chi connectivity index (χ0) is 13.3. The number of benzene rings is 1. The van der Waals surface area contributed by atoms with Crippen molar-refractivity contribution in [2.75, 3.05) is 0 Å². The third kappa shape index (κ3) is 2.46. The molecule has 3 nitrogen and oxygen atoms in total. The van der Waals surface area contributed by atoms with Crippen LogP contribution in [-0.4, -0.2) is 16.0 Å². The highest BCUT2D eigenvalue weighted by molar-refractivity contribution is 5.65. The topological polar surface area (TPSA) is 54.7 Å². The number of aromatic nitrogens is 2. The summed E-state index contributed by atoms with van der Waals surface area (Å²) in [7, 11) is 0. The zero-order valence-electron chi connectivity index (χ0n) is 11.5. The Hall–Kier alpha value is -1.61. The van der Waals surface area contributed by atoms with Crippen LogP contribution in [0.1, 0.15) is 29.4 Å². The molecule has 1 aromatic carbocycles. The van der Waals surface area contributed by atoms with Gasteiger partial charge in [0, 0.05) is 18.0 Å². The second kappa shape index (κ2) is 4.94. The molecule has 0 bridgehead atoms. The average Bonchev–Trinajstić information content (AvgIpc) is 2.73. The maximum atomic E-state index is 5.79. The number of H-pyrrole nitrogens is 1. The fourth-order valence-electron chi connectivity index (χ4n) is 2.16. The Morgan fingerprint density at radius 1 is 1.22 bits per heavy atom. The number of nitrogens with one attached hydrogen (secondary N) is 1. The van der Waals surface area contributed by atoms with Crippen LogP contribution < -0.4 is 5.73 Å². The molecule has 0 aliphatic rings. The molecular formula is C15H21N3. The van der Waals surface area contributed by atoms with E-state index in [0.717, 1.165) is 17.9 Å². The fourth-order valence-corrected chi connectivity index (χ4v) is 2.16. The molecule has 3 N–H and O–H groups in total. The Morgan fingerprint density at radius 2 is 1.94 bits per heavy atom. The summed E-state index contributed by atoms with van der Waals surface area (Å²) in [6.07, 6.45) is 2.68. The second-order valence-corrected chi connectivity index (χ2v) is 5.10. The number of aromatic amines is 1. The first kappa shape index (κ1) is 12.8. The number of aryl methyl sites for hydroxylation is 1. The molecule has 96 valence electrons. The molecule has 2 rings (SSSR count). The minimum atomic E-state index is 0.129. The summed E-state index contributed by atoms with van der Waals surface area (Å²) in [6.45, 7) is 8.45. The van der Waals surface area contributed by atoms with Crippen molar-refractivity contribution in [3.63, 3.8) is 0 Å². The number of rotatable bonds is 3. The highest BCUT2D eigenvalue weighted by Gasteiger charge is 2.09. The van der Waals surface area contributed by atoms with Gasteiger partial charge in [-0.15, -0.1) is 0 Å². The van der Waals surface area contributed by atoms with E-state index in [1.807, 2.05) is 13.1 Å². The van der Waals surface area contributed by atoms with Crippen molar-refractivity contribution in [2.24, 2.45) is 5.73 Å². The first-order valence-electron chi connectivity index (χ1n) is 6.35. The second-order valence-electron chi connectivity index (χ2n) is 5.10. The van der Waals surface area contributed by atoms with Crippen LogP contribution in [0.3, 0.4) is 0 Å². The predicted molar refractivity (Wildman–Crippen MR) is 75.6 cm³/mol. The Labute approximate surface area is 108 Å². The van der Waals surface area contributed by atoms with Crippen molar-refractivity contribution >= 4 is 0 Å². The number of hydrogen-bond acceptors (Lipinski definition) is 2. The zero-order valence-corrected chi connectivity index (χ0v) is 11.5. The molecule has 18 heavy (non-hydrogen) atoms. The molecule has 1 unspecified atom stereocenters. The van der Waals surface area contributed by atoms with Crippen LogP contribution in [0, 0.1) is 20.8 Å². The first-order valence-corrected chi connectivity index (χ1v) is 6.35. The van der Waals surface area contributed by atoms with Gasteiger partial charge in [0.25, 0.3) is 0 Å². The van der Waals surface area contributed by atoms with E-state index in [9.17, 15) is 0 Å². The van der Waals surface area contributed by atoms with Crippen LogP contribution in [0.2, 0.25) is 0 Å². The molecule has 1 atom stereocenters. The summed E-state index contributed by atoms with van der Waals surface area (Å²) in [6, 6.07) is 4.44. The number of nitrogens with two attached hydrogens (primary N) is 1. The largest absolute Gasteiger partial charge is 0.342 e. The lowest BCUT2D eigenvalue weighted by molar-refractivity contribution is 0.710. The summed E-state index contributed by atoms with van der Waals surface area (Å²) < 4.78 is 0. The summed E-state index contributed by atoms with van der Waals surface area (Å²) in [5.74, 6) is 0.956. The van der Waals surface area contributed by atoms with E-state index in [4.69, 9.17) is 5.73 Å². The fraction of sp³-hybridized carbons (Fsp3) is 0.400. The lowest BCUT2D eigenvalue weighted by Crippen LogP contribution is -2.18.